The van der Waals surface area contributed by atoms with Gasteiger partial charge < -0.3 is 10.2 Å². The van der Waals surface area contributed by atoms with E-state index in [0.717, 1.165) is 23.1 Å². The van der Waals surface area contributed by atoms with Crippen LogP contribution in [0.1, 0.15) is 23.6 Å². The first-order valence-electron chi connectivity index (χ1n) is 6.50. The van der Waals surface area contributed by atoms with Crippen molar-refractivity contribution >= 4 is 11.6 Å². The molecule has 0 saturated heterocycles. The molecule has 0 heterocycles. The van der Waals surface area contributed by atoms with Crippen molar-refractivity contribution in [3.63, 3.8) is 0 Å². The van der Waals surface area contributed by atoms with E-state index in [9.17, 15) is 5.11 Å². The van der Waals surface area contributed by atoms with E-state index in [1.54, 1.807) is 24.3 Å². The molecule has 0 spiro atoms. The van der Waals surface area contributed by atoms with Gasteiger partial charge in [0.25, 0.3) is 0 Å². The van der Waals surface area contributed by atoms with Crippen molar-refractivity contribution in [2.45, 2.75) is 13.3 Å². The van der Waals surface area contributed by atoms with Gasteiger partial charge in [-0.05, 0) is 48.2 Å². The maximum atomic E-state index is 9.22. The fourth-order valence-corrected chi connectivity index (χ4v) is 2.07. The number of rotatable bonds is 1. The van der Waals surface area contributed by atoms with Crippen LogP contribution in [0.2, 0.25) is 0 Å². The van der Waals surface area contributed by atoms with Gasteiger partial charge in [0.05, 0.1) is 0 Å². The third-order valence-corrected chi connectivity index (χ3v) is 3.13. The van der Waals surface area contributed by atoms with Crippen molar-refractivity contribution in [1.29, 1.82) is 0 Å². The molecule has 0 unspecified atom stereocenters. The number of phenols is 2. The molecular formula is C18H18O2. The summed E-state index contributed by atoms with van der Waals surface area (Å²) in [5, 5.41) is 18.3. The monoisotopic (exact) mass is 266 g/mol. The van der Waals surface area contributed by atoms with Gasteiger partial charge in [0, 0.05) is 5.56 Å². The van der Waals surface area contributed by atoms with Crippen molar-refractivity contribution in [1.82, 2.24) is 0 Å². The van der Waals surface area contributed by atoms with Crippen LogP contribution in [0.15, 0.2) is 55.1 Å². The Hall–Kier alpha value is -2.48. The zero-order valence-electron chi connectivity index (χ0n) is 11.5. The van der Waals surface area contributed by atoms with Crippen LogP contribution in [-0.4, -0.2) is 10.2 Å². The second-order valence-corrected chi connectivity index (χ2v) is 4.79. The van der Waals surface area contributed by atoms with Crippen molar-refractivity contribution in [2.75, 3.05) is 0 Å². The Kier molecular flexibility index (Phi) is 4.26. The minimum absolute atomic E-state index is 0.301. The lowest BCUT2D eigenvalue weighted by atomic mass is 10.1. The van der Waals surface area contributed by atoms with E-state index < -0.39 is 0 Å². The summed E-state index contributed by atoms with van der Waals surface area (Å²) in [6, 6.07) is 12.7. The molecule has 102 valence electrons. The molecule has 0 fully saturated rings. The number of para-hydroxylation sites is 1. The Morgan fingerprint density at radius 2 is 1.85 bits per heavy atom. The summed E-state index contributed by atoms with van der Waals surface area (Å²) in [5.41, 5.74) is 4.17. The molecule has 20 heavy (non-hydrogen) atoms. The number of allylic oxidation sites excluding steroid dienone is 2. The smallest absolute Gasteiger partial charge is 0.123 e. The average molecular weight is 266 g/mol. The lowest BCUT2D eigenvalue weighted by Crippen LogP contribution is -1.78. The van der Waals surface area contributed by atoms with Crippen LogP contribution in [0.5, 0.6) is 11.5 Å². The van der Waals surface area contributed by atoms with Crippen LogP contribution < -0.4 is 0 Å². The van der Waals surface area contributed by atoms with Crippen LogP contribution in [0, 0.1) is 0 Å². The highest BCUT2D eigenvalue weighted by molar-refractivity contribution is 5.66. The predicted octanol–water partition coefficient (Wildman–Crippen LogP) is 4.39. The van der Waals surface area contributed by atoms with Crippen LogP contribution in [0.3, 0.4) is 0 Å². The average Bonchev–Trinajstić information content (AvgIpc) is 2.87. The topological polar surface area (TPSA) is 40.5 Å². The molecule has 0 aliphatic heterocycles. The molecule has 3 rings (SSSR count). The molecule has 0 aromatic heterocycles. The minimum atomic E-state index is 0.301. The van der Waals surface area contributed by atoms with Crippen LogP contribution in [-0.2, 0) is 6.42 Å². The van der Waals surface area contributed by atoms with E-state index in [-0.39, 0.29) is 0 Å². The first kappa shape index (κ1) is 13.9. The molecule has 2 N–H and O–H groups in total. The molecule has 0 atom stereocenters. The highest BCUT2D eigenvalue weighted by Gasteiger charge is 2.03. The first-order valence-corrected chi connectivity index (χ1v) is 6.50. The Morgan fingerprint density at radius 3 is 2.50 bits per heavy atom. The second kappa shape index (κ2) is 6.11. The third kappa shape index (κ3) is 3.29. The number of benzene rings is 2. The van der Waals surface area contributed by atoms with Crippen molar-refractivity contribution in [2.24, 2.45) is 0 Å². The van der Waals surface area contributed by atoms with E-state index >= 15 is 0 Å². The van der Waals surface area contributed by atoms with E-state index in [0.29, 0.717) is 11.5 Å². The quantitative estimate of drug-likeness (QED) is 0.803. The molecule has 0 radical (unpaired) electrons. The van der Waals surface area contributed by atoms with Gasteiger partial charge in [-0.15, -0.1) is 0 Å². The van der Waals surface area contributed by atoms with E-state index in [1.165, 1.54) is 5.56 Å². The van der Waals surface area contributed by atoms with Crippen molar-refractivity contribution in [3.05, 3.63) is 71.8 Å². The summed E-state index contributed by atoms with van der Waals surface area (Å²) in [7, 11) is 0. The second-order valence-electron chi connectivity index (χ2n) is 4.79. The summed E-state index contributed by atoms with van der Waals surface area (Å²) in [6.45, 7) is 5.60. The Labute approximate surface area is 119 Å². The summed E-state index contributed by atoms with van der Waals surface area (Å²) in [5.74, 6) is 0.653. The van der Waals surface area contributed by atoms with Gasteiger partial charge in [0.1, 0.15) is 11.5 Å². The third-order valence-electron chi connectivity index (χ3n) is 3.13. The molecule has 0 amide bonds. The molecule has 0 saturated carbocycles. The van der Waals surface area contributed by atoms with Gasteiger partial charge >= 0.3 is 0 Å². The SMILES string of the molecule is C=C(C)c1ccccc1O.Oc1ccc2c(c1)C=CC2. The maximum absolute atomic E-state index is 9.22. The van der Waals surface area contributed by atoms with E-state index in [2.05, 4.69) is 12.7 Å². The summed E-state index contributed by atoms with van der Waals surface area (Å²) >= 11 is 0. The minimum Gasteiger partial charge on any atom is -0.508 e. The number of hydrogen-bond acceptors (Lipinski definition) is 2. The zero-order valence-corrected chi connectivity index (χ0v) is 11.5. The number of hydrogen-bond donors (Lipinski definition) is 2. The normalized spacial score (nSPS) is 11.4. The fourth-order valence-electron chi connectivity index (χ4n) is 2.07. The maximum Gasteiger partial charge on any atom is 0.123 e. The van der Waals surface area contributed by atoms with Gasteiger partial charge in [-0.1, -0.05) is 43.0 Å². The molecule has 2 aromatic carbocycles. The molecule has 1 aliphatic rings. The number of fused-ring (bicyclic) bond motifs is 1. The predicted molar refractivity (Wildman–Crippen MR) is 83.7 cm³/mol. The Morgan fingerprint density at radius 1 is 1.10 bits per heavy atom. The zero-order chi connectivity index (χ0) is 14.5. The molecule has 2 heteroatoms. The summed E-state index contributed by atoms with van der Waals surface area (Å²) in [6.07, 6.45) is 5.15. The summed E-state index contributed by atoms with van der Waals surface area (Å²) in [4.78, 5) is 0. The Balaban J connectivity index is 0.000000147. The standard InChI is InChI=1S/C9H8O.C9H10O/c10-9-5-4-7-2-1-3-8(7)6-9;1-7(2)8-5-3-4-6-9(8)10/h1,3-6,10H,2H2;3-6,10H,1H2,2H3. The number of aromatic hydroxyl groups is 2. The Bertz CT molecular complexity index is 654. The van der Waals surface area contributed by atoms with Gasteiger partial charge in [0.2, 0.25) is 0 Å². The largest absolute Gasteiger partial charge is 0.508 e. The van der Waals surface area contributed by atoms with E-state index in [1.807, 2.05) is 31.2 Å². The number of phenolic OH excluding ortho intramolecular Hbond substituents is 2. The van der Waals surface area contributed by atoms with Crippen LogP contribution in [0.25, 0.3) is 11.6 Å². The first-order chi connectivity index (χ1) is 9.58. The van der Waals surface area contributed by atoms with Crippen LogP contribution >= 0.6 is 0 Å². The lowest BCUT2D eigenvalue weighted by Gasteiger charge is -2.00. The van der Waals surface area contributed by atoms with E-state index in [4.69, 9.17) is 5.11 Å². The molecule has 2 aromatic rings. The fraction of sp³-hybridized carbons (Fsp3) is 0.111. The highest BCUT2D eigenvalue weighted by Crippen LogP contribution is 2.23. The lowest BCUT2D eigenvalue weighted by molar-refractivity contribution is 0.473. The van der Waals surface area contributed by atoms with Crippen molar-refractivity contribution in [3.8, 4) is 11.5 Å². The van der Waals surface area contributed by atoms with Crippen molar-refractivity contribution < 1.29 is 10.2 Å². The molecule has 0 bridgehead atoms. The summed E-state index contributed by atoms with van der Waals surface area (Å²) < 4.78 is 0. The molecule has 1 aliphatic carbocycles. The van der Waals surface area contributed by atoms with Gasteiger partial charge in [-0.25, -0.2) is 0 Å². The highest BCUT2D eigenvalue weighted by atomic mass is 16.3. The van der Waals surface area contributed by atoms with Gasteiger partial charge in [-0.2, -0.15) is 0 Å². The molecular weight excluding hydrogens is 248 g/mol. The van der Waals surface area contributed by atoms with Crippen LogP contribution in [0.4, 0.5) is 0 Å². The molecule has 2 nitrogen and oxygen atoms in total. The van der Waals surface area contributed by atoms with Gasteiger partial charge in [-0.3, -0.25) is 0 Å². The van der Waals surface area contributed by atoms with Gasteiger partial charge in [0.15, 0.2) is 0 Å².